The van der Waals surface area contributed by atoms with Crippen molar-refractivity contribution in [3.05, 3.63) is 85.6 Å². The van der Waals surface area contributed by atoms with Crippen LogP contribution in [0.1, 0.15) is 5.56 Å². The van der Waals surface area contributed by atoms with Gasteiger partial charge in [0.15, 0.2) is 0 Å². The second-order valence-corrected chi connectivity index (χ2v) is 7.31. The van der Waals surface area contributed by atoms with Crippen molar-refractivity contribution in [3.63, 3.8) is 0 Å². The topological polar surface area (TPSA) is 13.0 Å². The van der Waals surface area contributed by atoms with Crippen molar-refractivity contribution >= 4 is 34.1 Å². The summed E-state index contributed by atoms with van der Waals surface area (Å²) in [6.45, 7) is 3.54. The molecule has 0 fully saturated rings. The molecule has 0 spiro atoms. The van der Waals surface area contributed by atoms with Crippen molar-refractivity contribution in [3.8, 4) is 0 Å². The predicted molar refractivity (Wildman–Crippen MR) is 113 cm³/mol. The van der Waals surface area contributed by atoms with Crippen LogP contribution < -0.4 is 19.6 Å². The van der Waals surface area contributed by atoms with E-state index < -0.39 is 11.7 Å². The molecule has 4 nitrogen and oxygen atoms in total. The summed E-state index contributed by atoms with van der Waals surface area (Å²) in [4.78, 5) is 7.24. The van der Waals surface area contributed by atoms with Crippen molar-refractivity contribution < 1.29 is 33.0 Å². The van der Waals surface area contributed by atoms with Crippen LogP contribution in [0.5, 0.6) is 0 Å². The molecule has 5 rings (SSSR count). The summed E-state index contributed by atoms with van der Waals surface area (Å²) >= 11 is 0. The Morgan fingerprint density at radius 2 is 1.10 bits per heavy atom. The number of rotatable bonds is 2. The van der Waals surface area contributed by atoms with Gasteiger partial charge in [-0.25, -0.2) is 0 Å². The molecular formula is C23H18F3N4Os-3. The summed E-state index contributed by atoms with van der Waals surface area (Å²) in [5.74, 6) is 0. The van der Waals surface area contributed by atoms with Gasteiger partial charge in [0.05, 0.1) is 0 Å². The Morgan fingerprint density at radius 1 is 0.710 bits per heavy atom. The van der Waals surface area contributed by atoms with E-state index in [1.807, 2.05) is 72.4 Å². The van der Waals surface area contributed by atoms with E-state index in [1.165, 1.54) is 0 Å². The first-order valence-electron chi connectivity index (χ1n) is 9.40. The molecule has 8 heteroatoms. The summed E-state index contributed by atoms with van der Waals surface area (Å²) in [6.07, 6.45) is -4.48. The first-order valence-corrected chi connectivity index (χ1v) is 9.40. The van der Waals surface area contributed by atoms with E-state index >= 15 is 0 Å². The number of para-hydroxylation sites is 4. The molecule has 0 aromatic heterocycles. The van der Waals surface area contributed by atoms with Crippen molar-refractivity contribution in [1.29, 1.82) is 0 Å². The second kappa shape index (κ2) is 7.76. The van der Waals surface area contributed by atoms with Crippen LogP contribution in [0.25, 0.3) is 0 Å². The fraction of sp³-hybridized carbons (Fsp3) is 0.130. The maximum absolute atomic E-state index is 13.8. The Bertz CT molecular complexity index is 1040. The number of benzene rings is 3. The fourth-order valence-electron chi connectivity index (χ4n) is 3.87. The molecule has 31 heavy (non-hydrogen) atoms. The van der Waals surface area contributed by atoms with Crippen molar-refractivity contribution in [2.75, 3.05) is 33.7 Å². The Hall–Kier alpha value is -2.71. The zero-order valence-corrected chi connectivity index (χ0v) is 19.2. The Labute approximate surface area is 192 Å². The summed E-state index contributed by atoms with van der Waals surface area (Å²) < 4.78 is 41.3. The first-order chi connectivity index (χ1) is 14.3. The quantitative estimate of drug-likeness (QED) is 0.341. The Morgan fingerprint density at radius 3 is 1.48 bits per heavy atom. The van der Waals surface area contributed by atoms with Crippen LogP contribution in [-0.2, 0) is 26.0 Å². The van der Waals surface area contributed by atoms with E-state index in [0.717, 1.165) is 34.9 Å². The van der Waals surface area contributed by atoms with Gasteiger partial charge in [0.1, 0.15) is 0 Å². The van der Waals surface area contributed by atoms with Gasteiger partial charge in [-0.2, -0.15) is 26.5 Å². The molecule has 0 saturated carbocycles. The Kier molecular flexibility index (Phi) is 5.39. The number of fused-ring (bicyclic) bond motifs is 2. The zero-order chi connectivity index (χ0) is 21.0. The largest absolute Gasteiger partial charge is 0.504 e. The SMILES string of the molecule is CN1[CH-]N(c2[c-]c(N3[CH-]N(C)c4ccccc43)cc(C(F)(F)F)c2)c2ccccc21.[Os]. The van der Waals surface area contributed by atoms with Gasteiger partial charge < -0.3 is 19.6 Å². The van der Waals surface area contributed by atoms with E-state index in [2.05, 4.69) is 6.07 Å². The third kappa shape index (κ3) is 3.63. The van der Waals surface area contributed by atoms with Crippen molar-refractivity contribution in [2.24, 2.45) is 0 Å². The van der Waals surface area contributed by atoms with Crippen LogP contribution in [0, 0.1) is 19.4 Å². The van der Waals surface area contributed by atoms with Crippen LogP contribution >= 0.6 is 0 Å². The number of hydrogen-bond acceptors (Lipinski definition) is 4. The molecule has 162 valence electrons. The molecule has 3 aromatic carbocycles. The summed E-state index contributed by atoms with van der Waals surface area (Å²) in [6, 6.07) is 20.6. The zero-order valence-electron chi connectivity index (χ0n) is 16.7. The van der Waals surface area contributed by atoms with Crippen LogP contribution in [0.4, 0.5) is 47.3 Å². The molecule has 0 N–H and O–H groups in total. The van der Waals surface area contributed by atoms with Crippen LogP contribution in [0.3, 0.4) is 0 Å². The number of halogens is 3. The normalized spacial score (nSPS) is 15.1. The summed E-state index contributed by atoms with van der Waals surface area (Å²) in [5.41, 5.74) is 3.40. The molecule has 0 unspecified atom stereocenters. The average molecular weight is 598 g/mol. The summed E-state index contributed by atoms with van der Waals surface area (Å²) in [5, 5.41) is 0. The molecule has 0 aliphatic carbocycles. The number of hydrogen-bond donors (Lipinski definition) is 0. The third-order valence-corrected chi connectivity index (χ3v) is 5.31. The molecule has 0 saturated heterocycles. The van der Waals surface area contributed by atoms with Gasteiger partial charge in [-0.05, 0) is 38.4 Å². The van der Waals surface area contributed by atoms with E-state index in [9.17, 15) is 13.2 Å². The van der Waals surface area contributed by atoms with Gasteiger partial charge in [0, 0.05) is 42.5 Å². The maximum atomic E-state index is 13.8. The van der Waals surface area contributed by atoms with Crippen LogP contribution in [0.15, 0.2) is 60.7 Å². The molecule has 0 radical (unpaired) electrons. The van der Waals surface area contributed by atoms with Gasteiger partial charge in [-0.3, -0.25) is 0 Å². The molecule has 3 aromatic rings. The first kappa shape index (κ1) is 21.5. The van der Waals surface area contributed by atoms with E-state index in [1.54, 1.807) is 23.1 Å². The molecular weight excluding hydrogens is 580 g/mol. The monoisotopic (exact) mass is 599 g/mol. The van der Waals surface area contributed by atoms with Gasteiger partial charge in [-0.1, -0.05) is 29.8 Å². The minimum absolute atomic E-state index is 0. The third-order valence-electron chi connectivity index (χ3n) is 5.31. The molecule has 0 atom stereocenters. The second-order valence-electron chi connectivity index (χ2n) is 7.31. The molecule has 0 amide bonds. The van der Waals surface area contributed by atoms with Crippen LogP contribution in [0.2, 0.25) is 0 Å². The van der Waals surface area contributed by atoms with Gasteiger partial charge in [0.25, 0.3) is 0 Å². The molecule has 2 heterocycles. The van der Waals surface area contributed by atoms with Gasteiger partial charge in [-0.15, -0.1) is 29.6 Å². The minimum Gasteiger partial charge on any atom is -0.504 e. The fourth-order valence-corrected chi connectivity index (χ4v) is 3.87. The van der Waals surface area contributed by atoms with Crippen molar-refractivity contribution in [1.82, 2.24) is 0 Å². The minimum atomic E-state index is -4.48. The smallest absolute Gasteiger partial charge is 0.394 e. The standard InChI is InChI=1S/C23H18F3N4.Os/c1-27-14-29(21-9-5-3-7-19(21)27)17-11-16(23(24,25)26)12-18(13-17)30-15-28(2)20-8-4-6-10-22(20)30;/h3-12,14-15H,1-2H3;/q-3;. The maximum Gasteiger partial charge on any atom is 0.394 e. The van der Waals surface area contributed by atoms with Crippen LogP contribution in [-0.4, -0.2) is 14.1 Å². The number of anilines is 6. The number of nitrogens with zero attached hydrogens (tertiary/aromatic N) is 4. The molecule has 2 aliphatic rings. The van der Waals surface area contributed by atoms with Gasteiger partial charge in [0.2, 0.25) is 0 Å². The molecule has 0 bridgehead atoms. The summed E-state index contributed by atoms with van der Waals surface area (Å²) in [7, 11) is 3.74. The van der Waals surface area contributed by atoms with E-state index in [0.29, 0.717) is 11.4 Å². The molecule has 2 aliphatic heterocycles. The Balaban J connectivity index is 0.00000231. The number of alkyl halides is 3. The van der Waals surface area contributed by atoms with E-state index in [-0.39, 0.29) is 19.8 Å². The van der Waals surface area contributed by atoms with E-state index in [4.69, 9.17) is 0 Å². The van der Waals surface area contributed by atoms with Crippen molar-refractivity contribution in [2.45, 2.75) is 6.18 Å². The van der Waals surface area contributed by atoms with Gasteiger partial charge >= 0.3 is 6.18 Å². The average Bonchev–Trinajstić information content (AvgIpc) is 3.25. The predicted octanol–water partition coefficient (Wildman–Crippen LogP) is 5.92.